The van der Waals surface area contributed by atoms with Crippen LogP contribution in [-0.2, 0) is 6.54 Å². The van der Waals surface area contributed by atoms with Crippen LogP contribution in [0.3, 0.4) is 0 Å². The molecular weight excluding hydrogens is 470 g/mol. The van der Waals surface area contributed by atoms with Gasteiger partial charge in [-0.05, 0) is 79.2 Å². The van der Waals surface area contributed by atoms with Crippen LogP contribution in [0.1, 0.15) is 38.4 Å². The average molecular weight is 498 g/mol. The Bertz CT molecular complexity index is 1110. The third-order valence-corrected chi connectivity index (χ3v) is 7.24. The second-order valence-corrected chi connectivity index (χ2v) is 9.76. The van der Waals surface area contributed by atoms with Crippen molar-refractivity contribution in [1.29, 1.82) is 0 Å². The summed E-state index contributed by atoms with van der Waals surface area (Å²) in [6.45, 7) is 3.57. The average Bonchev–Trinajstić information content (AvgIpc) is 3.40. The number of thiophene rings is 1. The Morgan fingerprint density at radius 1 is 1.09 bits per heavy atom. The van der Waals surface area contributed by atoms with Crippen LogP contribution in [0.5, 0.6) is 5.75 Å². The van der Waals surface area contributed by atoms with E-state index >= 15 is 0 Å². The van der Waals surface area contributed by atoms with E-state index in [9.17, 15) is 9.59 Å². The molecule has 8 heteroatoms. The fraction of sp³-hybridized carbons (Fsp3) is 0.308. The van der Waals surface area contributed by atoms with Crippen molar-refractivity contribution in [2.45, 2.75) is 19.4 Å². The predicted molar refractivity (Wildman–Crippen MR) is 137 cm³/mol. The van der Waals surface area contributed by atoms with Crippen molar-refractivity contribution >= 4 is 40.4 Å². The maximum atomic E-state index is 12.7. The molecule has 2 heterocycles. The van der Waals surface area contributed by atoms with E-state index in [1.165, 1.54) is 16.9 Å². The molecule has 4 rings (SSSR count). The Morgan fingerprint density at radius 3 is 2.53 bits per heavy atom. The number of carbonyl (C=O) groups is 2. The fourth-order valence-corrected chi connectivity index (χ4v) is 4.81. The summed E-state index contributed by atoms with van der Waals surface area (Å²) >= 11 is 7.59. The number of methoxy groups -OCH3 is 1. The van der Waals surface area contributed by atoms with Crippen molar-refractivity contribution in [3.05, 3.63) is 81.0 Å². The highest BCUT2D eigenvalue weighted by Crippen LogP contribution is 2.25. The highest BCUT2D eigenvalue weighted by molar-refractivity contribution is 7.12. The van der Waals surface area contributed by atoms with Crippen LogP contribution >= 0.6 is 22.9 Å². The number of halogens is 1. The molecule has 3 aromatic rings. The quantitative estimate of drug-likeness (QED) is 0.442. The topological polar surface area (TPSA) is 70.7 Å². The molecule has 2 aromatic carbocycles. The Labute approximate surface area is 208 Å². The molecule has 2 N–H and O–H groups in total. The number of likely N-dealkylation sites (tertiary alicyclic amines) is 1. The van der Waals surface area contributed by atoms with Gasteiger partial charge >= 0.3 is 0 Å². The van der Waals surface area contributed by atoms with Crippen molar-refractivity contribution in [3.8, 4) is 5.75 Å². The van der Waals surface area contributed by atoms with Crippen LogP contribution in [0.2, 0.25) is 5.02 Å². The van der Waals surface area contributed by atoms with Crippen LogP contribution in [0, 0.1) is 5.92 Å². The lowest BCUT2D eigenvalue weighted by Gasteiger charge is -2.32. The van der Waals surface area contributed by atoms with Gasteiger partial charge in [0.1, 0.15) is 5.75 Å². The molecule has 1 aliphatic rings. The van der Waals surface area contributed by atoms with Crippen molar-refractivity contribution in [2.24, 2.45) is 5.92 Å². The monoisotopic (exact) mass is 497 g/mol. The van der Waals surface area contributed by atoms with Crippen LogP contribution in [0.15, 0.2) is 60.0 Å². The van der Waals surface area contributed by atoms with Gasteiger partial charge in [-0.15, -0.1) is 11.3 Å². The largest absolute Gasteiger partial charge is 0.497 e. The third-order valence-electron chi connectivity index (χ3n) is 6.05. The number of ether oxygens (including phenoxy) is 1. The summed E-state index contributed by atoms with van der Waals surface area (Å²) in [4.78, 5) is 28.1. The predicted octanol–water partition coefficient (Wildman–Crippen LogP) is 5.30. The summed E-state index contributed by atoms with van der Waals surface area (Å²) in [5.41, 5.74) is 2.18. The molecule has 1 aromatic heterocycles. The van der Waals surface area contributed by atoms with Gasteiger partial charge in [-0.25, -0.2) is 0 Å². The highest BCUT2D eigenvalue weighted by Gasteiger charge is 2.20. The van der Waals surface area contributed by atoms with E-state index in [2.05, 4.69) is 27.7 Å². The molecule has 0 bridgehead atoms. The second kappa shape index (κ2) is 11.5. The van der Waals surface area contributed by atoms with E-state index in [4.69, 9.17) is 16.3 Å². The Balaban J connectivity index is 1.25. The lowest BCUT2D eigenvalue weighted by atomic mass is 9.96. The van der Waals surface area contributed by atoms with Crippen LogP contribution in [0.25, 0.3) is 0 Å². The van der Waals surface area contributed by atoms with Crippen molar-refractivity contribution < 1.29 is 14.3 Å². The van der Waals surface area contributed by atoms with Crippen LogP contribution < -0.4 is 15.4 Å². The summed E-state index contributed by atoms with van der Waals surface area (Å²) in [5.74, 6) is 0.914. The molecule has 34 heavy (non-hydrogen) atoms. The van der Waals surface area contributed by atoms with Crippen LogP contribution in [0.4, 0.5) is 5.69 Å². The lowest BCUT2D eigenvalue weighted by Crippen LogP contribution is -2.38. The molecule has 6 nitrogen and oxygen atoms in total. The number of rotatable bonds is 8. The molecule has 0 aliphatic carbocycles. The molecule has 2 amide bonds. The summed E-state index contributed by atoms with van der Waals surface area (Å²) in [6.07, 6.45) is 2.08. The number of nitrogens with zero attached hydrogens (tertiary/aromatic N) is 1. The van der Waals surface area contributed by atoms with E-state index in [1.807, 2.05) is 23.6 Å². The van der Waals surface area contributed by atoms with Gasteiger partial charge in [0.05, 0.1) is 22.7 Å². The number of hydrogen-bond donors (Lipinski definition) is 2. The molecule has 0 atom stereocenters. The zero-order valence-electron chi connectivity index (χ0n) is 19.1. The van der Waals surface area contributed by atoms with Gasteiger partial charge in [-0.3, -0.25) is 14.5 Å². The Morgan fingerprint density at radius 2 is 1.85 bits per heavy atom. The molecule has 1 fully saturated rings. The number of hydrogen-bond acceptors (Lipinski definition) is 5. The molecule has 0 unspecified atom stereocenters. The molecule has 0 radical (unpaired) electrons. The molecule has 0 saturated carbocycles. The first-order valence-electron chi connectivity index (χ1n) is 11.3. The minimum atomic E-state index is -0.240. The van der Waals surface area contributed by atoms with E-state index in [0.29, 0.717) is 33.6 Å². The van der Waals surface area contributed by atoms with E-state index in [1.54, 1.807) is 31.4 Å². The SMILES string of the molecule is COc1ccc(CN2CCC(CNC(=O)c3ccc(Cl)c(NC(=O)c4cccs4)c3)CC2)cc1. The maximum Gasteiger partial charge on any atom is 0.265 e. The molecule has 1 aliphatic heterocycles. The van der Waals surface area contributed by atoms with Gasteiger partial charge in [0.2, 0.25) is 0 Å². The summed E-state index contributed by atoms with van der Waals surface area (Å²) in [7, 11) is 1.68. The van der Waals surface area contributed by atoms with Gasteiger partial charge in [0, 0.05) is 18.7 Å². The van der Waals surface area contributed by atoms with E-state index in [-0.39, 0.29) is 11.8 Å². The first-order chi connectivity index (χ1) is 16.5. The number of carbonyl (C=O) groups excluding carboxylic acids is 2. The van der Waals surface area contributed by atoms with Crippen molar-refractivity contribution in [1.82, 2.24) is 10.2 Å². The number of anilines is 1. The van der Waals surface area contributed by atoms with Gasteiger partial charge in [0.15, 0.2) is 0 Å². The smallest absolute Gasteiger partial charge is 0.265 e. The van der Waals surface area contributed by atoms with Crippen LogP contribution in [-0.4, -0.2) is 43.5 Å². The third kappa shape index (κ3) is 6.38. The second-order valence-electron chi connectivity index (χ2n) is 8.40. The fourth-order valence-electron chi connectivity index (χ4n) is 4.03. The number of amides is 2. The zero-order valence-corrected chi connectivity index (χ0v) is 20.6. The van der Waals surface area contributed by atoms with Gasteiger partial charge in [0.25, 0.3) is 11.8 Å². The zero-order chi connectivity index (χ0) is 23.9. The molecule has 1 saturated heterocycles. The number of nitrogens with one attached hydrogen (secondary N) is 2. The van der Waals surface area contributed by atoms with Gasteiger partial charge in [-0.1, -0.05) is 29.8 Å². The van der Waals surface area contributed by atoms with Crippen molar-refractivity contribution in [2.75, 3.05) is 32.1 Å². The molecule has 0 spiro atoms. The van der Waals surface area contributed by atoms with E-state index in [0.717, 1.165) is 38.2 Å². The maximum absolute atomic E-state index is 12.7. The molecular formula is C26H28ClN3O3S. The minimum Gasteiger partial charge on any atom is -0.497 e. The van der Waals surface area contributed by atoms with Crippen molar-refractivity contribution in [3.63, 3.8) is 0 Å². The summed E-state index contributed by atoms with van der Waals surface area (Å²) < 4.78 is 5.22. The standard InChI is InChI=1S/C26H28ClN3O3S/c1-33-21-7-4-19(5-8-21)17-30-12-10-18(11-13-30)16-28-25(31)20-6-9-22(27)23(15-20)29-26(32)24-3-2-14-34-24/h2-9,14-15,18H,10-13,16-17H2,1H3,(H,28,31)(H,29,32). The number of benzene rings is 2. The van der Waals surface area contributed by atoms with E-state index < -0.39 is 0 Å². The first kappa shape index (κ1) is 24.3. The first-order valence-corrected chi connectivity index (χ1v) is 12.6. The number of piperidine rings is 1. The van der Waals surface area contributed by atoms with Gasteiger partial charge in [-0.2, -0.15) is 0 Å². The van der Waals surface area contributed by atoms with Gasteiger partial charge < -0.3 is 15.4 Å². The Hall–Kier alpha value is -2.87. The Kier molecular flexibility index (Phi) is 8.21. The minimum absolute atomic E-state index is 0.163. The molecule has 178 valence electrons. The summed E-state index contributed by atoms with van der Waals surface area (Å²) in [5, 5.41) is 8.07. The lowest BCUT2D eigenvalue weighted by molar-refractivity contribution is 0.0934. The highest BCUT2D eigenvalue weighted by atomic mass is 35.5. The normalized spacial score (nSPS) is 14.5. The summed E-state index contributed by atoms with van der Waals surface area (Å²) in [6, 6.07) is 16.7.